The van der Waals surface area contributed by atoms with Crippen LogP contribution in [0.15, 0.2) is 18.2 Å². The van der Waals surface area contributed by atoms with Crippen LogP contribution in [-0.2, 0) is 14.4 Å². The fourth-order valence-corrected chi connectivity index (χ4v) is 2.87. The van der Waals surface area contributed by atoms with Gasteiger partial charge in [0, 0.05) is 6.54 Å². The van der Waals surface area contributed by atoms with Crippen molar-refractivity contribution in [3.05, 3.63) is 18.2 Å². The summed E-state index contributed by atoms with van der Waals surface area (Å²) in [6.45, 7) is -0.363. The number of carbonyl (C=O) groups is 3. The molecule has 1 aromatic rings. The van der Waals surface area contributed by atoms with Crippen LogP contribution in [0.2, 0.25) is 0 Å². The van der Waals surface area contributed by atoms with E-state index in [1.165, 1.54) is 6.07 Å². The van der Waals surface area contributed by atoms with Gasteiger partial charge in [-0.05, 0) is 25.0 Å². The van der Waals surface area contributed by atoms with Crippen LogP contribution in [0.25, 0.3) is 0 Å². The molecule has 1 aromatic carbocycles. The van der Waals surface area contributed by atoms with Crippen LogP contribution in [0.5, 0.6) is 5.75 Å². The zero-order chi connectivity index (χ0) is 18.2. The Kier molecular flexibility index (Phi) is 4.27. The third kappa shape index (κ3) is 3.37. The largest absolute Gasteiger partial charge is 0.479 e. The van der Waals surface area contributed by atoms with Crippen molar-refractivity contribution in [2.75, 3.05) is 23.8 Å². The van der Waals surface area contributed by atoms with Crippen molar-refractivity contribution in [1.29, 1.82) is 0 Å². The quantitative estimate of drug-likeness (QED) is 0.840. The number of rotatable bonds is 2. The van der Waals surface area contributed by atoms with Crippen LogP contribution in [0.3, 0.4) is 0 Å². The summed E-state index contributed by atoms with van der Waals surface area (Å²) in [6.07, 6.45) is -4.58. The highest BCUT2D eigenvalue weighted by Crippen LogP contribution is 2.36. The number of benzene rings is 1. The lowest BCUT2D eigenvalue weighted by Gasteiger charge is -2.26. The first-order valence-electron chi connectivity index (χ1n) is 7.51. The second-order valence-electron chi connectivity index (χ2n) is 5.66. The first-order valence-corrected chi connectivity index (χ1v) is 7.51. The Labute approximate surface area is 140 Å². The van der Waals surface area contributed by atoms with Crippen LogP contribution in [0.4, 0.5) is 24.5 Å². The molecule has 1 fully saturated rings. The van der Waals surface area contributed by atoms with E-state index in [-0.39, 0.29) is 36.9 Å². The van der Waals surface area contributed by atoms with Gasteiger partial charge in [0.1, 0.15) is 6.04 Å². The van der Waals surface area contributed by atoms with Gasteiger partial charge in [0.15, 0.2) is 12.4 Å². The molecule has 7 nitrogen and oxygen atoms in total. The number of carbonyl (C=O) groups excluding carboxylic acids is 3. The van der Waals surface area contributed by atoms with Crippen LogP contribution >= 0.6 is 0 Å². The molecule has 0 saturated carbocycles. The molecule has 2 aliphatic rings. The van der Waals surface area contributed by atoms with E-state index in [4.69, 9.17) is 4.74 Å². The molecule has 0 aliphatic carbocycles. The summed E-state index contributed by atoms with van der Waals surface area (Å²) in [5.41, 5.74) is 0.567. The molecular weight excluding hydrogens is 343 g/mol. The van der Waals surface area contributed by atoms with Crippen molar-refractivity contribution < 1.29 is 32.3 Å². The molecule has 1 saturated heterocycles. The first-order chi connectivity index (χ1) is 11.8. The fraction of sp³-hybridized carbons (Fsp3) is 0.400. The highest BCUT2D eigenvalue weighted by Gasteiger charge is 2.47. The number of alkyl halides is 3. The number of hydrogen-bond acceptors (Lipinski definition) is 4. The lowest BCUT2D eigenvalue weighted by atomic mass is 10.1. The Balaban J connectivity index is 1.78. The maximum Gasteiger partial charge on any atom is 0.471 e. The lowest BCUT2D eigenvalue weighted by Crippen LogP contribution is -2.48. The molecule has 3 rings (SSSR count). The summed E-state index contributed by atoms with van der Waals surface area (Å²) in [5.74, 6) is -2.89. The van der Waals surface area contributed by atoms with Crippen LogP contribution < -0.4 is 15.4 Å². The topological polar surface area (TPSA) is 87.7 Å². The number of nitrogens with zero attached hydrogens (tertiary/aromatic N) is 1. The molecule has 10 heteroatoms. The first kappa shape index (κ1) is 17.1. The summed E-state index contributed by atoms with van der Waals surface area (Å²) < 4.78 is 43.2. The molecule has 3 amide bonds. The van der Waals surface area contributed by atoms with E-state index in [2.05, 4.69) is 10.6 Å². The highest BCUT2D eigenvalue weighted by atomic mass is 19.4. The number of para-hydroxylation sites is 1. The zero-order valence-corrected chi connectivity index (χ0v) is 12.9. The van der Waals surface area contributed by atoms with E-state index in [1.807, 2.05) is 0 Å². The molecule has 134 valence electrons. The van der Waals surface area contributed by atoms with Crippen LogP contribution in [0.1, 0.15) is 12.8 Å². The Hall–Kier alpha value is -2.78. The van der Waals surface area contributed by atoms with E-state index in [1.54, 1.807) is 12.1 Å². The monoisotopic (exact) mass is 357 g/mol. The molecule has 2 aliphatic heterocycles. The van der Waals surface area contributed by atoms with E-state index in [0.717, 1.165) is 0 Å². The van der Waals surface area contributed by atoms with Gasteiger partial charge in [0.2, 0.25) is 5.91 Å². The molecule has 0 radical (unpaired) electrons. The van der Waals surface area contributed by atoms with E-state index in [9.17, 15) is 27.6 Å². The molecular formula is C15H14F3N3O4. The molecule has 25 heavy (non-hydrogen) atoms. The standard InChI is InChI=1S/C15H14F3N3O4/c16-15(17,18)14(24)21-6-2-5-10(21)13(23)20-9-4-1-3-8-12(9)25-7-11(22)19-8/h1,3-4,10H,2,5-7H2,(H,19,22)(H,20,23). The predicted octanol–water partition coefficient (Wildman–Crippen LogP) is 1.51. The van der Waals surface area contributed by atoms with Gasteiger partial charge in [0.25, 0.3) is 5.91 Å². The fourth-order valence-electron chi connectivity index (χ4n) is 2.87. The Morgan fingerprint density at radius 3 is 2.80 bits per heavy atom. The molecule has 0 spiro atoms. The highest BCUT2D eigenvalue weighted by molar-refractivity contribution is 6.02. The summed E-state index contributed by atoms with van der Waals surface area (Å²) in [4.78, 5) is 35.7. The molecule has 2 heterocycles. The van der Waals surface area contributed by atoms with Gasteiger partial charge in [-0.15, -0.1) is 0 Å². The second kappa shape index (κ2) is 6.26. The summed E-state index contributed by atoms with van der Waals surface area (Å²) >= 11 is 0. The van der Waals surface area contributed by atoms with Crippen molar-refractivity contribution in [3.63, 3.8) is 0 Å². The van der Waals surface area contributed by atoms with Gasteiger partial charge in [-0.2, -0.15) is 13.2 Å². The Morgan fingerprint density at radius 1 is 1.32 bits per heavy atom. The van der Waals surface area contributed by atoms with Crippen molar-refractivity contribution in [3.8, 4) is 5.75 Å². The summed E-state index contributed by atoms with van der Waals surface area (Å²) in [7, 11) is 0. The number of amides is 3. The number of anilines is 2. The molecule has 0 bridgehead atoms. The minimum atomic E-state index is -5.03. The van der Waals surface area contributed by atoms with E-state index in [0.29, 0.717) is 17.0 Å². The molecule has 1 atom stereocenters. The SMILES string of the molecule is O=C1COc2c(cccc2NC(=O)C2CCCN2C(=O)C(F)(F)F)N1. The van der Waals surface area contributed by atoms with Crippen molar-refractivity contribution >= 4 is 29.1 Å². The van der Waals surface area contributed by atoms with Crippen LogP contribution in [0, 0.1) is 0 Å². The Bertz CT molecular complexity index is 735. The van der Waals surface area contributed by atoms with Gasteiger partial charge >= 0.3 is 12.1 Å². The van der Waals surface area contributed by atoms with Crippen molar-refractivity contribution in [2.45, 2.75) is 25.1 Å². The lowest BCUT2D eigenvalue weighted by molar-refractivity contribution is -0.186. The van der Waals surface area contributed by atoms with Gasteiger partial charge < -0.3 is 20.3 Å². The van der Waals surface area contributed by atoms with Crippen molar-refractivity contribution in [1.82, 2.24) is 4.90 Å². The van der Waals surface area contributed by atoms with Gasteiger partial charge in [-0.1, -0.05) is 6.07 Å². The maximum atomic E-state index is 12.6. The predicted molar refractivity (Wildman–Crippen MR) is 80.0 cm³/mol. The number of likely N-dealkylation sites (tertiary alicyclic amines) is 1. The molecule has 0 aromatic heterocycles. The van der Waals surface area contributed by atoms with Crippen LogP contribution in [-0.4, -0.2) is 48.0 Å². The normalized spacial score (nSPS) is 19.7. The average molecular weight is 357 g/mol. The smallest absolute Gasteiger partial charge is 0.471 e. The number of hydrogen-bond donors (Lipinski definition) is 2. The number of ether oxygens (including phenoxy) is 1. The second-order valence-corrected chi connectivity index (χ2v) is 5.66. The molecule has 2 N–H and O–H groups in total. The molecule has 1 unspecified atom stereocenters. The number of halogens is 3. The van der Waals surface area contributed by atoms with E-state index >= 15 is 0 Å². The minimum Gasteiger partial charge on any atom is -0.479 e. The summed E-state index contributed by atoms with van der Waals surface area (Å²) in [6, 6.07) is 3.41. The van der Waals surface area contributed by atoms with Gasteiger partial charge in [-0.25, -0.2) is 0 Å². The van der Waals surface area contributed by atoms with E-state index < -0.39 is 24.0 Å². The zero-order valence-electron chi connectivity index (χ0n) is 12.9. The van der Waals surface area contributed by atoms with Crippen molar-refractivity contribution in [2.24, 2.45) is 0 Å². The number of fused-ring (bicyclic) bond motifs is 1. The third-order valence-corrected chi connectivity index (χ3v) is 3.95. The van der Waals surface area contributed by atoms with Gasteiger partial charge in [-0.3, -0.25) is 14.4 Å². The summed E-state index contributed by atoms with van der Waals surface area (Å²) in [5, 5.41) is 5.05. The number of nitrogens with one attached hydrogen (secondary N) is 2. The third-order valence-electron chi connectivity index (χ3n) is 3.95. The minimum absolute atomic E-state index is 0.129. The average Bonchev–Trinajstić information content (AvgIpc) is 3.02. The Morgan fingerprint density at radius 2 is 2.08 bits per heavy atom. The van der Waals surface area contributed by atoms with Gasteiger partial charge in [0.05, 0.1) is 11.4 Å². The maximum absolute atomic E-state index is 12.6.